The van der Waals surface area contributed by atoms with Gasteiger partial charge in [-0.3, -0.25) is 9.59 Å². The van der Waals surface area contributed by atoms with Gasteiger partial charge in [0.2, 0.25) is 5.91 Å². The molecule has 0 aliphatic carbocycles. The van der Waals surface area contributed by atoms with Crippen LogP contribution < -0.4 is 16.0 Å². The summed E-state index contributed by atoms with van der Waals surface area (Å²) in [5, 5.41) is 8.71. The average molecular weight is 275 g/mol. The molecule has 5 heteroatoms. The molecule has 108 valence electrons. The Morgan fingerprint density at radius 1 is 1.30 bits per heavy atom. The van der Waals surface area contributed by atoms with Crippen LogP contribution in [0.5, 0.6) is 0 Å². The van der Waals surface area contributed by atoms with Gasteiger partial charge in [-0.25, -0.2) is 0 Å². The fourth-order valence-corrected chi connectivity index (χ4v) is 2.34. The Morgan fingerprint density at radius 3 is 2.75 bits per heavy atom. The molecule has 0 spiro atoms. The molecule has 20 heavy (non-hydrogen) atoms. The van der Waals surface area contributed by atoms with Crippen molar-refractivity contribution in [2.24, 2.45) is 0 Å². The van der Waals surface area contributed by atoms with E-state index < -0.39 is 0 Å². The fraction of sp³-hybridized carbons (Fsp3) is 0.467. The standard InChI is InChI=1S/C15H21N3O2/c1-10-6-7-11(14(19)16-2)9-13(10)18-15(20)12-5-3-4-8-17-12/h6-7,9,12,17H,3-5,8H2,1-2H3,(H,16,19)(H,18,20)/t12-/m0/s1. The van der Waals surface area contributed by atoms with Gasteiger partial charge in [0.25, 0.3) is 5.91 Å². The van der Waals surface area contributed by atoms with Crippen molar-refractivity contribution in [1.29, 1.82) is 0 Å². The molecule has 1 aliphatic rings. The quantitative estimate of drug-likeness (QED) is 0.781. The van der Waals surface area contributed by atoms with Crippen molar-refractivity contribution in [3.05, 3.63) is 29.3 Å². The van der Waals surface area contributed by atoms with Crippen LogP contribution >= 0.6 is 0 Å². The topological polar surface area (TPSA) is 70.2 Å². The Balaban J connectivity index is 2.11. The maximum absolute atomic E-state index is 12.2. The number of rotatable bonds is 3. The third-order valence-corrected chi connectivity index (χ3v) is 3.61. The van der Waals surface area contributed by atoms with Gasteiger partial charge in [0, 0.05) is 18.3 Å². The average Bonchev–Trinajstić information content (AvgIpc) is 2.49. The lowest BCUT2D eigenvalue weighted by Gasteiger charge is -2.23. The predicted molar refractivity (Wildman–Crippen MR) is 78.8 cm³/mol. The smallest absolute Gasteiger partial charge is 0.251 e. The molecule has 2 rings (SSSR count). The van der Waals surface area contributed by atoms with Crippen LogP contribution in [0.4, 0.5) is 5.69 Å². The van der Waals surface area contributed by atoms with Crippen molar-refractivity contribution >= 4 is 17.5 Å². The van der Waals surface area contributed by atoms with Gasteiger partial charge in [-0.1, -0.05) is 12.5 Å². The maximum Gasteiger partial charge on any atom is 0.251 e. The van der Waals surface area contributed by atoms with E-state index >= 15 is 0 Å². The summed E-state index contributed by atoms with van der Waals surface area (Å²) in [5.74, 6) is -0.182. The van der Waals surface area contributed by atoms with Crippen molar-refractivity contribution in [2.75, 3.05) is 18.9 Å². The largest absolute Gasteiger partial charge is 0.355 e. The molecule has 1 aliphatic heterocycles. The zero-order valence-electron chi connectivity index (χ0n) is 12.0. The van der Waals surface area contributed by atoms with E-state index in [9.17, 15) is 9.59 Å². The van der Waals surface area contributed by atoms with Gasteiger partial charge in [-0.05, 0) is 44.0 Å². The van der Waals surface area contributed by atoms with E-state index in [4.69, 9.17) is 0 Å². The van der Waals surface area contributed by atoms with E-state index in [0.29, 0.717) is 11.3 Å². The zero-order valence-corrected chi connectivity index (χ0v) is 12.0. The molecule has 1 aromatic rings. The molecule has 0 bridgehead atoms. The summed E-state index contributed by atoms with van der Waals surface area (Å²) in [6, 6.07) is 5.18. The van der Waals surface area contributed by atoms with E-state index in [-0.39, 0.29) is 17.9 Å². The fourth-order valence-electron chi connectivity index (χ4n) is 2.34. The second-order valence-corrected chi connectivity index (χ2v) is 5.10. The van der Waals surface area contributed by atoms with Crippen LogP contribution in [0.3, 0.4) is 0 Å². The second-order valence-electron chi connectivity index (χ2n) is 5.10. The minimum Gasteiger partial charge on any atom is -0.355 e. The molecule has 5 nitrogen and oxygen atoms in total. The molecule has 3 N–H and O–H groups in total. The Morgan fingerprint density at radius 2 is 2.10 bits per heavy atom. The van der Waals surface area contributed by atoms with Gasteiger partial charge >= 0.3 is 0 Å². The van der Waals surface area contributed by atoms with Gasteiger partial charge in [0.05, 0.1) is 6.04 Å². The van der Waals surface area contributed by atoms with Crippen LogP contribution in [0, 0.1) is 6.92 Å². The Bertz CT molecular complexity index is 508. The molecular weight excluding hydrogens is 254 g/mol. The number of benzene rings is 1. The number of amides is 2. The zero-order chi connectivity index (χ0) is 14.5. The predicted octanol–water partition coefficient (Wildman–Crippen LogP) is 1.44. The molecule has 0 aromatic heterocycles. The van der Waals surface area contributed by atoms with E-state index in [1.165, 1.54) is 0 Å². The maximum atomic E-state index is 12.2. The van der Waals surface area contributed by atoms with Gasteiger partial charge in [0.15, 0.2) is 0 Å². The number of hydrogen-bond donors (Lipinski definition) is 3. The summed E-state index contributed by atoms with van der Waals surface area (Å²) < 4.78 is 0. The SMILES string of the molecule is CNC(=O)c1ccc(C)c(NC(=O)[C@@H]2CCCCN2)c1. The van der Waals surface area contributed by atoms with E-state index in [0.717, 1.165) is 31.4 Å². The highest BCUT2D eigenvalue weighted by Crippen LogP contribution is 2.18. The summed E-state index contributed by atoms with van der Waals surface area (Å²) in [6.45, 7) is 2.80. The molecule has 0 unspecified atom stereocenters. The van der Waals surface area contributed by atoms with Crippen LogP contribution in [-0.2, 0) is 4.79 Å². The van der Waals surface area contributed by atoms with Crippen LogP contribution in [0.1, 0.15) is 35.2 Å². The van der Waals surface area contributed by atoms with Crippen molar-refractivity contribution in [2.45, 2.75) is 32.2 Å². The van der Waals surface area contributed by atoms with Crippen molar-refractivity contribution in [3.63, 3.8) is 0 Å². The van der Waals surface area contributed by atoms with Crippen LogP contribution in [0.15, 0.2) is 18.2 Å². The molecule has 0 saturated carbocycles. The highest BCUT2D eigenvalue weighted by atomic mass is 16.2. The summed E-state index contributed by atoms with van der Waals surface area (Å²) in [7, 11) is 1.59. The third kappa shape index (κ3) is 3.36. The van der Waals surface area contributed by atoms with E-state index in [2.05, 4.69) is 16.0 Å². The Hall–Kier alpha value is -1.88. The number of carbonyl (C=O) groups is 2. The van der Waals surface area contributed by atoms with Gasteiger partial charge in [-0.15, -0.1) is 0 Å². The van der Waals surface area contributed by atoms with Gasteiger partial charge in [-0.2, -0.15) is 0 Å². The first kappa shape index (κ1) is 14.5. The molecule has 1 heterocycles. The van der Waals surface area contributed by atoms with Crippen molar-refractivity contribution in [1.82, 2.24) is 10.6 Å². The van der Waals surface area contributed by atoms with E-state index in [1.807, 2.05) is 13.0 Å². The van der Waals surface area contributed by atoms with Gasteiger partial charge < -0.3 is 16.0 Å². The van der Waals surface area contributed by atoms with Gasteiger partial charge in [0.1, 0.15) is 0 Å². The first-order chi connectivity index (χ1) is 9.61. The number of piperidine rings is 1. The number of aryl methyl sites for hydroxylation is 1. The van der Waals surface area contributed by atoms with Crippen LogP contribution in [0.2, 0.25) is 0 Å². The Labute approximate surface area is 119 Å². The third-order valence-electron chi connectivity index (χ3n) is 3.61. The molecular formula is C15H21N3O2. The summed E-state index contributed by atoms with van der Waals surface area (Å²) >= 11 is 0. The minimum atomic E-state index is -0.156. The molecule has 1 fully saturated rings. The Kier molecular flexibility index (Phi) is 4.74. The lowest BCUT2D eigenvalue weighted by atomic mass is 10.0. The van der Waals surface area contributed by atoms with Crippen molar-refractivity contribution in [3.8, 4) is 0 Å². The van der Waals surface area contributed by atoms with E-state index in [1.54, 1.807) is 19.2 Å². The highest BCUT2D eigenvalue weighted by molar-refractivity contribution is 5.99. The number of carbonyl (C=O) groups excluding carboxylic acids is 2. The number of nitrogens with one attached hydrogen (secondary N) is 3. The molecule has 2 amide bonds. The van der Waals surface area contributed by atoms with Crippen molar-refractivity contribution < 1.29 is 9.59 Å². The summed E-state index contributed by atoms with van der Waals surface area (Å²) in [5.41, 5.74) is 2.19. The first-order valence-electron chi connectivity index (χ1n) is 6.99. The highest BCUT2D eigenvalue weighted by Gasteiger charge is 2.21. The second kappa shape index (κ2) is 6.52. The van der Waals surface area contributed by atoms with Crippen LogP contribution in [-0.4, -0.2) is 31.4 Å². The van der Waals surface area contributed by atoms with Crippen LogP contribution in [0.25, 0.3) is 0 Å². The number of anilines is 1. The lowest BCUT2D eigenvalue weighted by Crippen LogP contribution is -2.43. The monoisotopic (exact) mass is 275 g/mol. The molecule has 1 saturated heterocycles. The molecule has 1 aromatic carbocycles. The molecule has 0 radical (unpaired) electrons. The first-order valence-corrected chi connectivity index (χ1v) is 6.99. The summed E-state index contributed by atoms with van der Waals surface area (Å²) in [6.07, 6.45) is 3.05. The lowest BCUT2D eigenvalue weighted by molar-refractivity contribution is -0.118. The number of hydrogen-bond acceptors (Lipinski definition) is 3. The summed E-state index contributed by atoms with van der Waals surface area (Å²) in [4.78, 5) is 23.8. The minimum absolute atomic E-state index is 0.0261. The molecule has 1 atom stereocenters. The normalized spacial score (nSPS) is 18.4.